The van der Waals surface area contributed by atoms with Crippen LogP contribution >= 0.6 is 0 Å². The molecule has 0 atom stereocenters. The fourth-order valence-electron chi connectivity index (χ4n) is 2.16. The number of rotatable bonds is 3. The normalized spacial score (nSPS) is 28.7. The smallest absolute Gasteiger partial charge is 0.0317 e. The van der Waals surface area contributed by atoms with Crippen molar-refractivity contribution in [3.05, 3.63) is 0 Å². The zero-order valence-corrected chi connectivity index (χ0v) is 9.47. The quantitative estimate of drug-likeness (QED) is 0.680. The second-order valence-corrected chi connectivity index (χ2v) is 5.35. The Morgan fingerprint density at radius 1 is 1.36 bits per heavy atom. The molecular weight excluding hydrogens is 174 g/mol. The Balaban J connectivity index is 1.71. The molecule has 0 radical (unpaired) electrons. The number of likely N-dealkylation sites (tertiary alicyclic amines) is 1. The topological polar surface area (TPSA) is 27.3 Å². The fourth-order valence-corrected chi connectivity index (χ4v) is 2.16. The lowest BCUT2D eigenvalue weighted by molar-refractivity contribution is 0.130. The van der Waals surface area contributed by atoms with Crippen molar-refractivity contribution in [1.82, 2.24) is 15.5 Å². The summed E-state index contributed by atoms with van der Waals surface area (Å²) < 4.78 is 0. The number of hydrogen-bond donors (Lipinski definition) is 2. The molecule has 2 aliphatic rings. The molecule has 0 aliphatic carbocycles. The van der Waals surface area contributed by atoms with Gasteiger partial charge in [-0.2, -0.15) is 0 Å². The minimum atomic E-state index is 0.544. The van der Waals surface area contributed by atoms with Crippen molar-refractivity contribution >= 4 is 0 Å². The van der Waals surface area contributed by atoms with Crippen LogP contribution in [0, 0.1) is 5.41 Å². The first-order valence-corrected chi connectivity index (χ1v) is 5.81. The Morgan fingerprint density at radius 3 is 2.50 bits per heavy atom. The second-order valence-electron chi connectivity index (χ2n) is 5.35. The number of hydrogen-bond acceptors (Lipinski definition) is 3. The van der Waals surface area contributed by atoms with Crippen LogP contribution in [-0.4, -0.2) is 50.7 Å². The van der Waals surface area contributed by atoms with Gasteiger partial charge in [-0.1, -0.05) is 6.92 Å². The lowest BCUT2D eigenvalue weighted by Gasteiger charge is -2.40. The molecule has 2 N–H and O–H groups in total. The predicted octanol–water partition coefficient (Wildman–Crippen LogP) is 0.280. The number of nitrogens with one attached hydrogen (secondary N) is 2. The molecule has 0 aromatic rings. The van der Waals surface area contributed by atoms with Gasteiger partial charge >= 0.3 is 0 Å². The van der Waals surface area contributed by atoms with Crippen molar-refractivity contribution in [2.45, 2.75) is 25.8 Å². The van der Waals surface area contributed by atoms with Crippen molar-refractivity contribution in [2.75, 3.05) is 39.8 Å². The average molecular weight is 197 g/mol. The van der Waals surface area contributed by atoms with E-state index in [9.17, 15) is 0 Å². The van der Waals surface area contributed by atoms with Crippen molar-refractivity contribution in [2.24, 2.45) is 5.41 Å². The van der Waals surface area contributed by atoms with Gasteiger partial charge in [0.2, 0.25) is 0 Å². The van der Waals surface area contributed by atoms with Crippen LogP contribution in [0.1, 0.15) is 19.8 Å². The highest BCUT2D eigenvalue weighted by Gasteiger charge is 2.29. The van der Waals surface area contributed by atoms with E-state index in [2.05, 4.69) is 29.5 Å². The first-order valence-electron chi connectivity index (χ1n) is 5.81. The molecule has 82 valence electrons. The standard InChI is InChI=1S/C11H23N3/c1-11(3-5-14(2)6-4-11)9-13-10-7-12-8-10/h10,12-13H,3-9H2,1-2H3. The summed E-state index contributed by atoms with van der Waals surface area (Å²) in [6, 6.07) is 0.742. The van der Waals surface area contributed by atoms with Gasteiger partial charge in [0.15, 0.2) is 0 Å². The summed E-state index contributed by atoms with van der Waals surface area (Å²) >= 11 is 0. The molecule has 2 rings (SSSR count). The van der Waals surface area contributed by atoms with E-state index in [1.807, 2.05) is 0 Å². The summed E-state index contributed by atoms with van der Waals surface area (Å²) in [7, 11) is 2.23. The van der Waals surface area contributed by atoms with E-state index in [1.54, 1.807) is 0 Å². The van der Waals surface area contributed by atoms with Gasteiger partial charge in [0.05, 0.1) is 0 Å². The Hall–Kier alpha value is -0.120. The van der Waals surface area contributed by atoms with E-state index < -0.39 is 0 Å². The molecule has 3 heteroatoms. The molecule has 0 unspecified atom stereocenters. The number of piperidine rings is 1. The molecule has 0 amide bonds. The number of nitrogens with zero attached hydrogens (tertiary/aromatic N) is 1. The van der Waals surface area contributed by atoms with Gasteiger partial charge in [0.1, 0.15) is 0 Å². The van der Waals surface area contributed by atoms with Gasteiger partial charge in [-0.25, -0.2) is 0 Å². The molecular formula is C11H23N3. The van der Waals surface area contributed by atoms with Crippen LogP contribution in [0.25, 0.3) is 0 Å². The first kappa shape index (κ1) is 10.4. The van der Waals surface area contributed by atoms with Crippen molar-refractivity contribution in [3.63, 3.8) is 0 Å². The first-order chi connectivity index (χ1) is 6.68. The van der Waals surface area contributed by atoms with Crippen LogP contribution in [0.5, 0.6) is 0 Å². The summed E-state index contributed by atoms with van der Waals surface area (Å²) in [6.45, 7) is 8.49. The van der Waals surface area contributed by atoms with Crippen LogP contribution in [0.15, 0.2) is 0 Å². The summed E-state index contributed by atoms with van der Waals surface area (Å²) in [4.78, 5) is 2.44. The van der Waals surface area contributed by atoms with E-state index in [4.69, 9.17) is 0 Å². The molecule has 3 nitrogen and oxygen atoms in total. The van der Waals surface area contributed by atoms with E-state index in [1.165, 1.54) is 32.5 Å². The van der Waals surface area contributed by atoms with Crippen LogP contribution in [0.4, 0.5) is 0 Å². The highest BCUT2D eigenvalue weighted by Crippen LogP contribution is 2.29. The van der Waals surface area contributed by atoms with E-state index in [-0.39, 0.29) is 0 Å². The zero-order chi connectivity index (χ0) is 10.0. The molecule has 0 aromatic heterocycles. The van der Waals surface area contributed by atoms with E-state index in [0.29, 0.717) is 5.41 Å². The zero-order valence-electron chi connectivity index (χ0n) is 9.47. The molecule has 14 heavy (non-hydrogen) atoms. The Kier molecular flexibility index (Phi) is 3.10. The maximum absolute atomic E-state index is 3.66. The van der Waals surface area contributed by atoms with Crippen LogP contribution < -0.4 is 10.6 Å². The molecule has 2 aliphatic heterocycles. The Labute approximate surface area is 87.2 Å². The lowest BCUT2D eigenvalue weighted by Crippen LogP contribution is -2.57. The van der Waals surface area contributed by atoms with Gasteiger partial charge < -0.3 is 15.5 Å². The van der Waals surface area contributed by atoms with Crippen molar-refractivity contribution < 1.29 is 0 Å². The minimum Gasteiger partial charge on any atom is -0.314 e. The van der Waals surface area contributed by atoms with E-state index >= 15 is 0 Å². The van der Waals surface area contributed by atoms with Gasteiger partial charge in [0.25, 0.3) is 0 Å². The lowest BCUT2D eigenvalue weighted by atomic mass is 9.80. The van der Waals surface area contributed by atoms with Crippen molar-refractivity contribution in [1.29, 1.82) is 0 Å². The molecule has 0 bridgehead atoms. The summed E-state index contributed by atoms with van der Waals surface area (Å²) in [6.07, 6.45) is 2.69. The predicted molar refractivity (Wildman–Crippen MR) is 59.5 cm³/mol. The third kappa shape index (κ3) is 2.47. The molecule has 0 aromatic carbocycles. The highest BCUT2D eigenvalue weighted by molar-refractivity contribution is 4.88. The molecule has 2 saturated heterocycles. The molecule has 0 spiro atoms. The van der Waals surface area contributed by atoms with Gasteiger partial charge in [-0.15, -0.1) is 0 Å². The summed E-state index contributed by atoms with van der Waals surface area (Å²) in [5.41, 5.74) is 0.544. The molecule has 2 fully saturated rings. The highest BCUT2D eigenvalue weighted by atomic mass is 15.1. The average Bonchev–Trinajstić information content (AvgIpc) is 2.08. The van der Waals surface area contributed by atoms with Crippen LogP contribution in [0.2, 0.25) is 0 Å². The SMILES string of the molecule is CN1CCC(C)(CNC2CNC2)CC1. The fraction of sp³-hybridized carbons (Fsp3) is 1.00. The Morgan fingerprint density at radius 2 is 2.00 bits per heavy atom. The van der Waals surface area contributed by atoms with Crippen molar-refractivity contribution in [3.8, 4) is 0 Å². The molecule has 2 heterocycles. The van der Waals surface area contributed by atoms with Gasteiger partial charge in [-0.3, -0.25) is 0 Å². The third-order valence-electron chi connectivity index (χ3n) is 3.79. The van der Waals surface area contributed by atoms with Crippen LogP contribution in [-0.2, 0) is 0 Å². The van der Waals surface area contributed by atoms with Crippen LogP contribution in [0.3, 0.4) is 0 Å². The second kappa shape index (κ2) is 4.17. The maximum atomic E-state index is 3.66. The summed E-state index contributed by atoms with van der Waals surface area (Å²) in [5, 5.41) is 6.96. The van der Waals surface area contributed by atoms with Gasteiger partial charge in [-0.05, 0) is 38.4 Å². The minimum absolute atomic E-state index is 0.544. The van der Waals surface area contributed by atoms with Gasteiger partial charge in [0, 0.05) is 25.7 Å². The third-order valence-corrected chi connectivity index (χ3v) is 3.79. The summed E-state index contributed by atoms with van der Waals surface area (Å²) in [5.74, 6) is 0. The monoisotopic (exact) mass is 197 g/mol. The maximum Gasteiger partial charge on any atom is 0.0317 e. The Bertz CT molecular complexity index is 181. The molecule has 0 saturated carbocycles. The largest absolute Gasteiger partial charge is 0.314 e. The van der Waals surface area contributed by atoms with E-state index in [0.717, 1.165) is 19.1 Å².